The Morgan fingerprint density at radius 2 is 2.18 bits per heavy atom. The Kier molecular flexibility index (Phi) is 5.04. The van der Waals surface area contributed by atoms with Gasteiger partial charge in [-0.2, -0.15) is 0 Å². The van der Waals surface area contributed by atoms with E-state index in [0.29, 0.717) is 19.2 Å². The molecule has 2 saturated carbocycles. The van der Waals surface area contributed by atoms with Gasteiger partial charge >= 0.3 is 0 Å². The van der Waals surface area contributed by atoms with Gasteiger partial charge in [-0.1, -0.05) is 18.6 Å². The SMILES string of the molecule is Cc1cccc(OC[C@@H](O)CN[C@@H](C)[C@@H]2C[C@@H]3CC[C@@H]2C3)c1. The van der Waals surface area contributed by atoms with Crippen LogP contribution in [-0.2, 0) is 0 Å². The summed E-state index contributed by atoms with van der Waals surface area (Å²) in [5.41, 5.74) is 1.18. The van der Waals surface area contributed by atoms with E-state index in [0.717, 1.165) is 23.5 Å². The molecule has 1 aromatic carbocycles. The van der Waals surface area contributed by atoms with Crippen LogP contribution in [0.4, 0.5) is 0 Å². The van der Waals surface area contributed by atoms with Gasteiger partial charge in [-0.05, 0) is 68.6 Å². The number of benzene rings is 1. The molecular formula is C19H29NO2. The van der Waals surface area contributed by atoms with E-state index in [-0.39, 0.29) is 0 Å². The zero-order chi connectivity index (χ0) is 15.5. The smallest absolute Gasteiger partial charge is 0.119 e. The van der Waals surface area contributed by atoms with Gasteiger partial charge in [0.25, 0.3) is 0 Å². The summed E-state index contributed by atoms with van der Waals surface area (Å²) in [5, 5.41) is 13.6. The van der Waals surface area contributed by atoms with Gasteiger partial charge in [0.15, 0.2) is 0 Å². The molecule has 22 heavy (non-hydrogen) atoms. The van der Waals surface area contributed by atoms with Crippen molar-refractivity contribution in [3.8, 4) is 5.75 Å². The lowest BCUT2D eigenvalue weighted by Gasteiger charge is -2.29. The van der Waals surface area contributed by atoms with Crippen LogP contribution in [0.15, 0.2) is 24.3 Å². The monoisotopic (exact) mass is 303 g/mol. The summed E-state index contributed by atoms with van der Waals surface area (Å²) < 4.78 is 5.67. The van der Waals surface area contributed by atoms with Crippen LogP contribution in [0, 0.1) is 24.7 Å². The van der Waals surface area contributed by atoms with E-state index < -0.39 is 6.10 Å². The van der Waals surface area contributed by atoms with Crippen molar-refractivity contribution in [2.24, 2.45) is 17.8 Å². The number of hydrogen-bond donors (Lipinski definition) is 2. The molecule has 1 aromatic rings. The lowest BCUT2D eigenvalue weighted by molar-refractivity contribution is 0.0993. The number of aliphatic hydroxyl groups excluding tert-OH is 1. The van der Waals surface area contributed by atoms with E-state index in [1.165, 1.54) is 31.2 Å². The van der Waals surface area contributed by atoms with E-state index in [1.54, 1.807) is 0 Å². The topological polar surface area (TPSA) is 41.5 Å². The van der Waals surface area contributed by atoms with Gasteiger partial charge in [-0.15, -0.1) is 0 Å². The fourth-order valence-electron chi connectivity index (χ4n) is 4.34. The molecule has 2 N–H and O–H groups in total. The number of aryl methyl sites for hydroxylation is 1. The molecule has 0 unspecified atom stereocenters. The molecule has 0 saturated heterocycles. The largest absolute Gasteiger partial charge is 0.491 e. The highest BCUT2D eigenvalue weighted by Gasteiger charge is 2.41. The average molecular weight is 303 g/mol. The summed E-state index contributed by atoms with van der Waals surface area (Å²) in [6.45, 7) is 5.28. The summed E-state index contributed by atoms with van der Waals surface area (Å²) >= 11 is 0. The molecule has 0 spiro atoms. The number of hydrogen-bond acceptors (Lipinski definition) is 3. The molecule has 122 valence electrons. The van der Waals surface area contributed by atoms with Crippen molar-refractivity contribution in [3.05, 3.63) is 29.8 Å². The van der Waals surface area contributed by atoms with Crippen molar-refractivity contribution >= 4 is 0 Å². The summed E-state index contributed by atoms with van der Waals surface area (Å²) in [4.78, 5) is 0. The van der Waals surface area contributed by atoms with Crippen molar-refractivity contribution in [2.75, 3.05) is 13.2 Å². The Bertz CT molecular complexity index is 490. The number of aliphatic hydroxyl groups is 1. The van der Waals surface area contributed by atoms with Crippen LogP contribution in [0.3, 0.4) is 0 Å². The fraction of sp³-hybridized carbons (Fsp3) is 0.684. The minimum atomic E-state index is -0.457. The van der Waals surface area contributed by atoms with Crippen molar-refractivity contribution in [1.82, 2.24) is 5.32 Å². The van der Waals surface area contributed by atoms with E-state index in [1.807, 2.05) is 31.2 Å². The molecule has 2 aliphatic carbocycles. The van der Waals surface area contributed by atoms with Gasteiger partial charge in [0.1, 0.15) is 18.5 Å². The van der Waals surface area contributed by atoms with Gasteiger partial charge < -0.3 is 15.2 Å². The van der Waals surface area contributed by atoms with E-state index >= 15 is 0 Å². The maximum atomic E-state index is 10.1. The van der Waals surface area contributed by atoms with E-state index in [9.17, 15) is 5.11 Å². The Morgan fingerprint density at radius 1 is 1.32 bits per heavy atom. The minimum Gasteiger partial charge on any atom is -0.491 e. The van der Waals surface area contributed by atoms with Crippen LogP contribution in [0.25, 0.3) is 0 Å². The highest BCUT2D eigenvalue weighted by molar-refractivity contribution is 5.27. The van der Waals surface area contributed by atoms with Crippen molar-refractivity contribution in [3.63, 3.8) is 0 Å². The highest BCUT2D eigenvalue weighted by Crippen LogP contribution is 2.49. The van der Waals surface area contributed by atoms with E-state index in [2.05, 4.69) is 12.2 Å². The zero-order valence-corrected chi connectivity index (χ0v) is 13.8. The highest BCUT2D eigenvalue weighted by atomic mass is 16.5. The summed E-state index contributed by atoms with van der Waals surface area (Å²) in [7, 11) is 0. The maximum Gasteiger partial charge on any atom is 0.119 e. The Morgan fingerprint density at radius 3 is 2.86 bits per heavy atom. The molecule has 0 amide bonds. The van der Waals surface area contributed by atoms with Gasteiger partial charge in [-0.3, -0.25) is 0 Å². The number of rotatable bonds is 7. The average Bonchev–Trinajstić information content (AvgIpc) is 3.13. The maximum absolute atomic E-state index is 10.1. The molecule has 2 fully saturated rings. The lowest BCUT2D eigenvalue weighted by Crippen LogP contribution is -2.41. The van der Waals surface area contributed by atoms with Crippen LogP contribution in [-0.4, -0.2) is 30.4 Å². The van der Waals surface area contributed by atoms with Crippen LogP contribution >= 0.6 is 0 Å². The van der Waals surface area contributed by atoms with Crippen molar-refractivity contribution in [1.29, 1.82) is 0 Å². The van der Waals surface area contributed by atoms with Crippen molar-refractivity contribution < 1.29 is 9.84 Å². The van der Waals surface area contributed by atoms with E-state index in [4.69, 9.17) is 4.74 Å². The molecule has 3 rings (SSSR count). The first kappa shape index (κ1) is 15.8. The molecule has 0 radical (unpaired) electrons. The Balaban J connectivity index is 1.38. The van der Waals surface area contributed by atoms with Crippen LogP contribution in [0.5, 0.6) is 5.75 Å². The second kappa shape index (κ2) is 7.01. The third kappa shape index (κ3) is 3.82. The third-order valence-electron chi connectivity index (χ3n) is 5.54. The fourth-order valence-corrected chi connectivity index (χ4v) is 4.34. The first-order valence-electron chi connectivity index (χ1n) is 8.72. The number of ether oxygens (including phenoxy) is 1. The minimum absolute atomic E-state index is 0.347. The van der Waals surface area contributed by atoms with Gasteiger partial charge in [0, 0.05) is 12.6 Å². The predicted octanol–water partition coefficient (Wildman–Crippen LogP) is 3.15. The summed E-state index contributed by atoms with van der Waals surface area (Å²) in [6.07, 6.45) is 5.23. The molecular weight excluding hydrogens is 274 g/mol. The Labute approximate surface area is 134 Å². The van der Waals surface area contributed by atoms with Gasteiger partial charge in [-0.25, -0.2) is 0 Å². The number of fused-ring (bicyclic) bond motifs is 2. The van der Waals surface area contributed by atoms with Crippen LogP contribution in [0.2, 0.25) is 0 Å². The Hall–Kier alpha value is -1.06. The molecule has 0 aliphatic heterocycles. The normalized spacial score (nSPS) is 29.5. The molecule has 0 aromatic heterocycles. The predicted molar refractivity (Wildman–Crippen MR) is 89.1 cm³/mol. The lowest BCUT2D eigenvalue weighted by atomic mass is 9.84. The van der Waals surface area contributed by atoms with Gasteiger partial charge in [0.2, 0.25) is 0 Å². The first-order valence-corrected chi connectivity index (χ1v) is 8.72. The first-order chi connectivity index (χ1) is 10.6. The second-order valence-corrected chi connectivity index (χ2v) is 7.32. The van der Waals surface area contributed by atoms with Crippen LogP contribution < -0.4 is 10.1 Å². The summed E-state index contributed by atoms with van der Waals surface area (Å²) in [6, 6.07) is 8.46. The molecule has 2 bridgehead atoms. The molecule has 3 nitrogen and oxygen atoms in total. The van der Waals surface area contributed by atoms with Crippen LogP contribution in [0.1, 0.15) is 38.2 Å². The quantitative estimate of drug-likeness (QED) is 0.813. The molecule has 5 atom stereocenters. The molecule has 0 heterocycles. The van der Waals surface area contributed by atoms with Gasteiger partial charge in [0.05, 0.1) is 0 Å². The second-order valence-electron chi connectivity index (χ2n) is 7.32. The summed E-state index contributed by atoms with van der Waals surface area (Å²) in [5.74, 6) is 3.55. The standard InChI is InChI=1S/C19H29NO2/c1-13-4-3-5-18(8-13)22-12-17(21)11-20-14(2)19-10-15-6-7-16(19)9-15/h3-5,8,14-17,19-21H,6-7,9-12H2,1-2H3/t14-,15+,16+,17-,19-/m0/s1. The number of nitrogens with one attached hydrogen (secondary N) is 1. The molecule has 2 aliphatic rings. The third-order valence-corrected chi connectivity index (χ3v) is 5.54. The zero-order valence-electron chi connectivity index (χ0n) is 13.8. The van der Waals surface area contributed by atoms with Crippen molar-refractivity contribution in [2.45, 2.75) is 51.7 Å². The molecule has 3 heteroatoms.